The van der Waals surface area contributed by atoms with Gasteiger partial charge in [0.25, 0.3) is 0 Å². The van der Waals surface area contributed by atoms with E-state index in [9.17, 15) is 0 Å². The number of aryl methyl sites for hydroxylation is 1. The van der Waals surface area contributed by atoms with Crippen LogP contribution in [0.4, 0.5) is 0 Å². The molecule has 0 amide bonds. The summed E-state index contributed by atoms with van der Waals surface area (Å²) >= 11 is 0. The number of benzene rings is 20. The molecule has 0 bridgehead atoms. The number of pyridine rings is 3. The molecule has 6 nitrogen and oxygen atoms in total. The summed E-state index contributed by atoms with van der Waals surface area (Å²) in [6, 6.07) is 160. The van der Waals surface area contributed by atoms with Crippen LogP contribution in [-0.4, -0.2) is 28.2 Å². The Morgan fingerprint density at radius 2 is 0.392 bits per heavy atom. The zero-order valence-corrected chi connectivity index (χ0v) is 71.3. The lowest BCUT2D eigenvalue weighted by Crippen LogP contribution is -1.91. The van der Waals surface area contributed by atoms with E-state index in [4.69, 9.17) is 15.0 Å². The van der Waals surface area contributed by atoms with E-state index in [0.717, 1.165) is 50.7 Å². The topological polar surface area (TPSA) is 51.9 Å². The van der Waals surface area contributed by atoms with E-state index in [-0.39, 0.29) is 0 Å². The summed E-state index contributed by atoms with van der Waals surface area (Å²) in [5.74, 6) is 0. The van der Waals surface area contributed by atoms with Crippen LogP contribution in [0.2, 0.25) is 0 Å². The molecule has 0 unspecified atom stereocenters. The van der Waals surface area contributed by atoms with E-state index in [1.54, 1.807) is 0 Å². The molecule has 6 heterocycles. The van der Waals surface area contributed by atoms with Gasteiger partial charge in [-0.15, -0.1) is 0 Å². The second-order valence-electron chi connectivity index (χ2n) is 33.9. The molecule has 0 saturated carbocycles. The number of nitrogens with zero attached hydrogens (tertiary/aromatic N) is 6. The minimum Gasteiger partial charge on any atom is -0.306 e. The summed E-state index contributed by atoms with van der Waals surface area (Å²) in [5.41, 5.74) is 30.1. The molecule has 6 heteroatoms. The van der Waals surface area contributed by atoms with E-state index in [1.165, 1.54) is 192 Å². The van der Waals surface area contributed by atoms with Gasteiger partial charge in [0.15, 0.2) is 0 Å². The van der Waals surface area contributed by atoms with Crippen molar-refractivity contribution in [2.45, 2.75) is 6.92 Å². The highest BCUT2D eigenvalue weighted by Crippen LogP contribution is 2.49. The first-order chi connectivity index (χ1) is 64.3. The van der Waals surface area contributed by atoms with Crippen molar-refractivity contribution in [2.75, 3.05) is 0 Å². The monoisotopic (exact) mass is 1650 g/mol. The lowest BCUT2D eigenvalue weighted by molar-refractivity contribution is 1.16. The molecule has 20 aromatic carbocycles. The lowest BCUT2D eigenvalue weighted by atomic mass is 9.85. The first kappa shape index (κ1) is 76.5. The van der Waals surface area contributed by atoms with Crippen LogP contribution in [0, 0.1) is 6.92 Å². The molecule has 0 radical (unpaired) electrons. The molecule has 608 valence electrons. The third-order valence-corrected chi connectivity index (χ3v) is 26.1. The van der Waals surface area contributed by atoms with Crippen LogP contribution in [0.3, 0.4) is 0 Å². The van der Waals surface area contributed by atoms with Crippen LogP contribution in [0.5, 0.6) is 0 Å². The Morgan fingerprint density at radius 3 is 0.731 bits per heavy atom. The average Bonchev–Trinajstić information content (AvgIpc) is 1.06. The number of fused-ring (bicyclic) bond motifs is 12. The molecule has 0 spiro atoms. The molecule has 26 rings (SSSR count). The van der Waals surface area contributed by atoms with Gasteiger partial charge < -0.3 is 13.2 Å². The van der Waals surface area contributed by atoms with Gasteiger partial charge in [-0.2, -0.15) is 0 Å². The molecule has 0 aliphatic rings. The molecule has 0 fully saturated rings. The average molecular weight is 1660 g/mol. The van der Waals surface area contributed by atoms with Crippen LogP contribution < -0.4 is 0 Å². The summed E-state index contributed by atoms with van der Waals surface area (Å²) < 4.78 is 6.28. The van der Waals surface area contributed by atoms with Gasteiger partial charge in [-0.05, 0) is 247 Å². The van der Waals surface area contributed by atoms with Gasteiger partial charge >= 0.3 is 0 Å². The first-order valence-corrected chi connectivity index (χ1v) is 44.5. The maximum absolute atomic E-state index is 4.95. The molecule has 130 heavy (non-hydrogen) atoms. The maximum atomic E-state index is 4.95. The standard InChI is InChI=1S/2C43H28N2.C38H26N2/c1-2-10-34-27-35(25-20-29(34)9-1)43-38-13-5-3-11-36(38)42(37-12-4-6-14-39(37)43)33-23-18-31(19-24-33)30-16-21-32(22-17-30)40-28-45-26-8-7-15-41(45)44-40;1-2-10-29(11-3-1)35-24-25-41-44-40(28-45(41)27-35)31-19-21-32(22-20-31)42-36-14-6-8-16-38(36)43(39-17-9-7-15-37(39)42)34-23-18-30-12-4-5-13-33(30)26-34;1-25-14-21-36-39-35(24-40(36)23-25)27-16-18-28(19-17-27)37-31-10-4-6-12-33(31)38(34-13-7-5-11-32(34)37)30-20-15-26-8-2-3-9-29(26)22-30/h2*1-28H;2-24H,1H3. The van der Waals surface area contributed by atoms with E-state index >= 15 is 0 Å². The Balaban J connectivity index is 0.000000108. The molecule has 6 aromatic heterocycles. The number of rotatable bonds is 11. The SMILES string of the molecule is Cc1ccc2nc(-c3ccc(-c4c5ccccc5c(-c5ccc6ccccc6c5)c5ccccc45)cc3)cn2c1.c1ccc(-c2ccc3nc(-c4ccc(-c5c6ccccc6c(-c6ccc7ccccc7c6)c6ccccc56)cc4)cn3c2)cc1.c1ccc2cc(-c3c4ccccc4c(-c4ccc(-c5ccc(-c6cn7ccccc7n6)cc5)cc4)c4ccccc34)ccc2c1. The zero-order valence-electron chi connectivity index (χ0n) is 71.3. The predicted molar refractivity (Wildman–Crippen MR) is 548 cm³/mol. The highest BCUT2D eigenvalue weighted by Gasteiger charge is 2.23. The van der Waals surface area contributed by atoms with Crippen molar-refractivity contribution in [3.63, 3.8) is 0 Å². The van der Waals surface area contributed by atoms with Gasteiger partial charge in [0.05, 0.1) is 17.1 Å². The van der Waals surface area contributed by atoms with Crippen molar-refractivity contribution in [1.82, 2.24) is 28.2 Å². The zero-order chi connectivity index (χ0) is 86.1. The van der Waals surface area contributed by atoms with Gasteiger partial charge in [0.2, 0.25) is 0 Å². The van der Waals surface area contributed by atoms with Crippen molar-refractivity contribution in [3.8, 4) is 123 Å². The van der Waals surface area contributed by atoms with Crippen molar-refractivity contribution in [1.29, 1.82) is 0 Å². The minimum atomic E-state index is 0.940. The van der Waals surface area contributed by atoms with E-state index in [2.05, 4.69) is 470 Å². The molecular weight excluding hydrogens is 1570 g/mol. The Hall–Kier alpha value is -17.2. The highest BCUT2D eigenvalue weighted by molar-refractivity contribution is 6.25. The Morgan fingerprint density at radius 1 is 0.154 bits per heavy atom. The van der Waals surface area contributed by atoms with E-state index < -0.39 is 0 Å². The third kappa shape index (κ3) is 13.9. The van der Waals surface area contributed by atoms with E-state index in [0.29, 0.717) is 0 Å². The van der Waals surface area contributed by atoms with Crippen molar-refractivity contribution in [2.24, 2.45) is 0 Å². The normalized spacial score (nSPS) is 11.6. The molecule has 0 saturated heterocycles. The molecular formula is C124H82N6. The molecule has 0 aliphatic heterocycles. The van der Waals surface area contributed by atoms with E-state index in [1.807, 2.05) is 30.5 Å². The Kier molecular flexibility index (Phi) is 19.1. The fourth-order valence-electron chi connectivity index (χ4n) is 19.8. The van der Waals surface area contributed by atoms with Crippen molar-refractivity contribution >= 4 is 114 Å². The lowest BCUT2D eigenvalue weighted by Gasteiger charge is -2.18. The van der Waals surface area contributed by atoms with Crippen LogP contribution in [0.15, 0.2) is 480 Å². The van der Waals surface area contributed by atoms with Gasteiger partial charge in [0.1, 0.15) is 16.9 Å². The largest absolute Gasteiger partial charge is 0.306 e. The highest BCUT2D eigenvalue weighted by atomic mass is 15.0. The van der Waals surface area contributed by atoms with Crippen LogP contribution >= 0.6 is 0 Å². The smallest absolute Gasteiger partial charge is 0.137 e. The minimum absolute atomic E-state index is 0.940. The molecule has 0 atom stereocenters. The van der Waals surface area contributed by atoms with Crippen molar-refractivity contribution in [3.05, 3.63) is 486 Å². The third-order valence-electron chi connectivity index (χ3n) is 26.1. The van der Waals surface area contributed by atoms with Crippen LogP contribution in [-0.2, 0) is 0 Å². The Labute approximate surface area is 752 Å². The van der Waals surface area contributed by atoms with Gasteiger partial charge in [-0.25, -0.2) is 15.0 Å². The van der Waals surface area contributed by atoms with Gasteiger partial charge in [0, 0.05) is 53.9 Å². The van der Waals surface area contributed by atoms with Crippen molar-refractivity contribution < 1.29 is 0 Å². The Bertz CT molecular complexity index is 8700. The second-order valence-corrected chi connectivity index (χ2v) is 33.9. The molecule has 0 N–H and O–H groups in total. The number of imidazole rings is 3. The summed E-state index contributed by atoms with van der Waals surface area (Å²) in [6.45, 7) is 2.10. The van der Waals surface area contributed by atoms with Crippen LogP contribution in [0.1, 0.15) is 5.56 Å². The number of hydrogen-bond donors (Lipinski definition) is 0. The first-order valence-electron chi connectivity index (χ1n) is 44.5. The summed E-state index contributed by atoms with van der Waals surface area (Å²) in [6.07, 6.45) is 12.6. The van der Waals surface area contributed by atoms with Crippen LogP contribution in [0.25, 0.3) is 237 Å². The molecule has 0 aliphatic carbocycles. The summed E-state index contributed by atoms with van der Waals surface area (Å²) in [7, 11) is 0. The fourth-order valence-corrected chi connectivity index (χ4v) is 19.8. The quantitative estimate of drug-likeness (QED) is 0.121. The van der Waals surface area contributed by atoms with Gasteiger partial charge in [-0.1, -0.05) is 394 Å². The second kappa shape index (κ2) is 32.4. The number of aromatic nitrogens is 6. The predicted octanol–water partition coefficient (Wildman–Crippen LogP) is 33.0. The summed E-state index contributed by atoms with van der Waals surface area (Å²) in [5, 5.41) is 22.7. The molecule has 26 aromatic rings. The van der Waals surface area contributed by atoms with Gasteiger partial charge in [-0.3, -0.25) is 0 Å². The fraction of sp³-hybridized carbons (Fsp3) is 0.00806. The number of hydrogen-bond acceptors (Lipinski definition) is 3. The summed E-state index contributed by atoms with van der Waals surface area (Å²) in [4.78, 5) is 14.6. The maximum Gasteiger partial charge on any atom is 0.137 e.